The molecule has 370 valence electrons. The maximum Gasteiger partial charge on any atom is 0.306 e. The van der Waals surface area contributed by atoms with E-state index in [4.69, 9.17) is 9.47 Å². The molecule has 0 heterocycles. The molecule has 0 aromatic rings. The standard InChI is InChI=1S/C59H110O4/c1-3-5-7-9-11-13-15-17-19-21-23-25-27-29-31-33-35-37-39-41-43-45-47-49-51-53-55-62-57-58(56-60)63-59(61)54-52-50-48-46-44-42-40-38-36-34-32-30-28-26-24-22-20-18-16-14-12-10-8-6-4-2/h15,17,21-24,27,29,58,60H,3-14,16,18-20,25-26,28,30-57H2,1-2H3/b17-15-,23-21-,24-22-,29-27-. The van der Waals surface area contributed by atoms with Crippen LogP contribution in [-0.2, 0) is 14.3 Å². The molecule has 0 aromatic heterocycles. The molecule has 0 amide bonds. The summed E-state index contributed by atoms with van der Waals surface area (Å²) < 4.78 is 11.2. The zero-order chi connectivity index (χ0) is 45.5. The lowest BCUT2D eigenvalue weighted by Crippen LogP contribution is -2.27. The maximum atomic E-state index is 12.3. The van der Waals surface area contributed by atoms with E-state index in [0.29, 0.717) is 19.6 Å². The third kappa shape index (κ3) is 54.6. The van der Waals surface area contributed by atoms with E-state index in [1.807, 2.05) is 0 Å². The average molecular weight is 884 g/mol. The van der Waals surface area contributed by atoms with Crippen molar-refractivity contribution in [1.29, 1.82) is 0 Å². The third-order valence-corrected chi connectivity index (χ3v) is 12.6. The molecule has 0 saturated heterocycles. The summed E-state index contributed by atoms with van der Waals surface area (Å²) in [7, 11) is 0. The number of allylic oxidation sites excluding steroid dienone is 8. The quantitative estimate of drug-likeness (QED) is 0.0376. The van der Waals surface area contributed by atoms with Gasteiger partial charge < -0.3 is 14.6 Å². The first-order valence-corrected chi connectivity index (χ1v) is 28.2. The summed E-state index contributed by atoms with van der Waals surface area (Å²) >= 11 is 0. The van der Waals surface area contributed by atoms with Crippen LogP contribution in [0.4, 0.5) is 0 Å². The molecule has 4 nitrogen and oxygen atoms in total. The van der Waals surface area contributed by atoms with Gasteiger partial charge in [-0.05, 0) is 77.0 Å². The number of rotatable bonds is 53. The molecule has 0 aliphatic rings. The second-order valence-electron chi connectivity index (χ2n) is 19.0. The van der Waals surface area contributed by atoms with E-state index in [1.54, 1.807) is 0 Å². The van der Waals surface area contributed by atoms with Gasteiger partial charge in [0.1, 0.15) is 6.10 Å². The Morgan fingerprint density at radius 1 is 0.381 bits per heavy atom. The predicted octanol–water partition coefficient (Wildman–Crippen LogP) is 19.3. The normalized spacial score (nSPS) is 12.6. The van der Waals surface area contributed by atoms with Crippen molar-refractivity contribution in [3.05, 3.63) is 48.6 Å². The monoisotopic (exact) mass is 883 g/mol. The second kappa shape index (κ2) is 56.5. The fourth-order valence-corrected chi connectivity index (χ4v) is 8.39. The van der Waals surface area contributed by atoms with Gasteiger partial charge in [-0.15, -0.1) is 0 Å². The molecular weight excluding hydrogens is 773 g/mol. The van der Waals surface area contributed by atoms with E-state index in [-0.39, 0.29) is 12.6 Å². The van der Waals surface area contributed by atoms with Crippen LogP contribution in [0.5, 0.6) is 0 Å². The molecule has 4 heteroatoms. The Kier molecular flexibility index (Phi) is 55.0. The van der Waals surface area contributed by atoms with Gasteiger partial charge >= 0.3 is 5.97 Å². The minimum Gasteiger partial charge on any atom is -0.457 e. The van der Waals surface area contributed by atoms with Gasteiger partial charge in [-0.25, -0.2) is 0 Å². The molecule has 63 heavy (non-hydrogen) atoms. The largest absolute Gasteiger partial charge is 0.457 e. The Hall–Kier alpha value is -1.65. The molecular formula is C59H110O4. The summed E-state index contributed by atoms with van der Waals surface area (Å²) in [6, 6.07) is 0. The van der Waals surface area contributed by atoms with Gasteiger partial charge in [-0.3, -0.25) is 4.79 Å². The summed E-state index contributed by atoms with van der Waals surface area (Å²) in [5.41, 5.74) is 0. The molecule has 1 atom stereocenters. The topological polar surface area (TPSA) is 55.8 Å². The van der Waals surface area contributed by atoms with E-state index in [2.05, 4.69) is 62.5 Å². The smallest absolute Gasteiger partial charge is 0.306 e. The van der Waals surface area contributed by atoms with Crippen molar-refractivity contribution in [3.63, 3.8) is 0 Å². The van der Waals surface area contributed by atoms with Crippen LogP contribution >= 0.6 is 0 Å². The van der Waals surface area contributed by atoms with Crippen LogP contribution < -0.4 is 0 Å². The fourth-order valence-electron chi connectivity index (χ4n) is 8.39. The van der Waals surface area contributed by atoms with Crippen LogP contribution in [0.3, 0.4) is 0 Å². The molecule has 0 aliphatic carbocycles. The summed E-state index contributed by atoms with van der Waals surface area (Å²) in [5.74, 6) is -0.197. The first-order chi connectivity index (χ1) is 31.2. The molecule has 1 unspecified atom stereocenters. The van der Waals surface area contributed by atoms with Crippen molar-refractivity contribution in [2.75, 3.05) is 19.8 Å². The summed E-state index contributed by atoms with van der Waals surface area (Å²) in [4.78, 5) is 12.3. The molecule has 1 N–H and O–H groups in total. The zero-order valence-corrected chi connectivity index (χ0v) is 42.6. The molecule has 0 fully saturated rings. The molecule has 0 aromatic carbocycles. The van der Waals surface area contributed by atoms with Crippen LogP contribution in [0, 0.1) is 0 Å². The first kappa shape index (κ1) is 61.4. The van der Waals surface area contributed by atoms with E-state index in [0.717, 1.165) is 32.1 Å². The number of aliphatic hydroxyl groups is 1. The van der Waals surface area contributed by atoms with Crippen molar-refractivity contribution >= 4 is 5.97 Å². The fraction of sp³-hybridized carbons (Fsp3) is 0.847. The van der Waals surface area contributed by atoms with Gasteiger partial charge in [0.25, 0.3) is 0 Å². The van der Waals surface area contributed by atoms with Crippen molar-refractivity contribution in [2.45, 2.75) is 302 Å². The number of unbranched alkanes of at least 4 members (excludes halogenated alkanes) is 37. The Morgan fingerprint density at radius 2 is 0.667 bits per heavy atom. The molecule has 0 saturated carbocycles. The van der Waals surface area contributed by atoms with E-state index < -0.39 is 6.10 Å². The Morgan fingerprint density at radius 3 is 1.02 bits per heavy atom. The minimum absolute atomic E-state index is 0.171. The number of hydrogen-bond acceptors (Lipinski definition) is 4. The molecule has 0 radical (unpaired) electrons. The van der Waals surface area contributed by atoms with Crippen LogP contribution in [-0.4, -0.2) is 37.0 Å². The Balaban J connectivity index is 3.39. The minimum atomic E-state index is -0.537. The second-order valence-corrected chi connectivity index (χ2v) is 19.0. The first-order valence-electron chi connectivity index (χ1n) is 28.2. The van der Waals surface area contributed by atoms with Gasteiger partial charge in [-0.1, -0.05) is 262 Å². The van der Waals surface area contributed by atoms with E-state index in [1.165, 1.54) is 244 Å². The third-order valence-electron chi connectivity index (χ3n) is 12.6. The Bertz CT molecular complexity index is 982. The summed E-state index contributed by atoms with van der Waals surface area (Å²) in [6.07, 6.45) is 75.1. The van der Waals surface area contributed by atoms with Crippen molar-refractivity contribution in [1.82, 2.24) is 0 Å². The summed E-state index contributed by atoms with van der Waals surface area (Å²) in [6.45, 7) is 5.37. The molecule has 0 rings (SSSR count). The van der Waals surface area contributed by atoms with Crippen molar-refractivity contribution < 1.29 is 19.4 Å². The molecule has 0 spiro atoms. The lowest BCUT2D eigenvalue weighted by atomic mass is 10.0. The van der Waals surface area contributed by atoms with Gasteiger partial charge in [-0.2, -0.15) is 0 Å². The number of hydrogen-bond donors (Lipinski definition) is 1. The highest BCUT2D eigenvalue weighted by atomic mass is 16.6. The van der Waals surface area contributed by atoms with E-state index >= 15 is 0 Å². The highest BCUT2D eigenvalue weighted by molar-refractivity contribution is 5.69. The molecule has 0 bridgehead atoms. The number of aliphatic hydroxyl groups excluding tert-OH is 1. The van der Waals surface area contributed by atoms with Gasteiger partial charge in [0.05, 0.1) is 13.2 Å². The van der Waals surface area contributed by atoms with Gasteiger partial charge in [0.15, 0.2) is 0 Å². The number of carbonyl (C=O) groups is 1. The lowest BCUT2D eigenvalue weighted by Gasteiger charge is -2.16. The zero-order valence-electron chi connectivity index (χ0n) is 42.6. The number of carbonyl (C=O) groups excluding carboxylic acids is 1. The lowest BCUT2D eigenvalue weighted by molar-refractivity contribution is -0.154. The summed E-state index contributed by atoms with van der Waals surface area (Å²) in [5, 5.41) is 9.68. The number of ether oxygens (including phenoxy) is 2. The molecule has 0 aliphatic heterocycles. The highest BCUT2D eigenvalue weighted by Gasteiger charge is 2.13. The average Bonchev–Trinajstić information content (AvgIpc) is 3.29. The number of esters is 1. The van der Waals surface area contributed by atoms with Crippen LogP contribution in [0.15, 0.2) is 48.6 Å². The van der Waals surface area contributed by atoms with Crippen molar-refractivity contribution in [3.8, 4) is 0 Å². The van der Waals surface area contributed by atoms with Gasteiger partial charge in [0, 0.05) is 13.0 Å². The van der Waals surface area contributed by atoms with Crippen molar-refractivity contribution in [2.24, 2.45) is 0 Å². The van der Waals surface area contributed by atoms with Crippen LogP contribution in [0.1, 0.15) is 296 Å². The van der Waals surface area contributed by atoms with Crippen LogP contribution in [0.2, 0.25) is 0 Å². The van der Waals surface area contributed by atoms with Gasteiger partial charge in [0.2, 0.25) is 0 Å². The van der Waals surface area contributed by atoms with Crippen LogP contribution in [0.25, 0.3) is 0 Å². The maximum absolute atomic E-state index is 12.3. The predicted molar refractivity (Wildman–Crippen MR) is 279 cm³/mol. The SMILES string of the molecule is CCCCCCC/C=C\C/C=C\C/C=C\CCCCCCCCCCCCCOCC(CO)OC(=O)CCCCCCCCCCCCCCC/C=C\CCCCCCCCCC. The Labute approximate surface area is 394 Å². The highest BCUT2D eigenvalue weighted by Crippen LogP contribution is 2.16. The van der Waals surface area contributed by atoms with E-state index in [9.17, 15) is 9.90 Å².